The van der Waals surface area contributed by atoms with Gasteiger partial charge in [-0.25, -0.2) is 0 Å². The second-order valence-corrected chi connectivity index (χ2v) is 3.09. The predicted octanol–water partition coefficient (Wildman–Crippen LogP) is 1.78. The van der Waals surface area contributed by atoms with Gasteiger partial charge in [-0.15, -0.1) is 0 Å². The van der Waals surface area contributed by atoms with E-state index in [2.05, 4.69) is 19.2 Å². The first-order valence-corrected chi connectivity index (χ1v) is 4.08. The third-order valence-electron chi connectivity index (χ3n) is 2.43. The van der Waals surface area contributed by atoms with Crippen LogP contribution in [0.5, 0.6) is 0 Å². The zero-order valence-electron chi connectivity index (χ0n) is 6.48. The smallest absolute Gasteiger partial charge is 0.00930 e. The molecule has 0 aromatic carbocycles. The van der Waals surface area contributed by atoms with Crippen LogP contribution < -0.4 is 5.32 Å². The van der Waals surface area contributed by atoms with Crippen molar-refractivity contribution in [2.24, 2.45) is 5.92 Å². The van der Waals surface area contributed by atoms with E-state index >= 15 is 0 Å². The fourth-order valence-electron chi connectivity index (χ4n) is 1.48. The maximum absolute atomic E-state index is 3.51. The van der Waals surface area contributed by atoms with Crippen molar-refractivity contribution in [1.82, 2.24) is 5.32 Å². The van der Waals surface area contributed by atoms with Gasteiger partial charge in [0, 0.05) is 6.04 Å². The van der Waals surface area contributed by atoms with Crippen LogP contribution in [0, 0.1) is 5.92 Å². The fourth-order valence-corrected chi connectivity index (χ4v) is 1.48. The molecule has 1 fully saturated rings. The Balaban J connectivity index is 2.24. The lowest BCUT2D eigenvalue weighted by Gasteiger charge is -2.16. The molecular formula is C8H17N. The van der Waals surface area contributed by atoms with E-state index in [1.807, 2.05) is 0 Å². The van der Waals surface area contributed by atoms with Gasteiger partial charge in [0.25, 0.3) is 0 Å². The summed E-state index contributed by atoms with van der Waals surface area (Å²) >= 11 is 0. The highest BCUT2D eigenvalue weighted by Crippen LogP contribution is 2.16. The van der Waals surface area contributed by atoms with Crippen molar-refractivity contribution in [2.75, 3.05) is 6.54 Å². The molecule has 0 bridgehead atoms. The fraction of sp³-hybridized carbons (Fsp3) is 1.00. The van der Waals surface area contributed by atoms with E-state index in [0.29, 0.717) is 0 Å². The normalized spacial score (nSPS) is 30.7. The SMILES string of the molecule is CCC(C)[C@@H]1CCCN1. The highest BCUT2D eigenvalue weighted by atomic mass is 14.9. The molecule has 1 aliphatic rings. The van der Waals surface area contributed by atoms with Gasteiger partial charge in [-0.3, -0.25) is 0 Å². The molecule has 0 amide bonds. The van der Waals surface area contributed by atoms with Crippen molar-refractivity contribution in [1.29, 1.82) is 0 Å². The van der Waals surface area contributed by atoms with Gasteiger partial charge in [0.05, 0.1) is 0 Å². The van der Waals surface area contributed by atoms with Gasteiger partial charge in [0.1, 0.15) is 0 Å². The molecule has 1 aliphatic heterocycles. The molecule has 0 aromatic heterocycles. The monoisotopic (exact) mass is 127 g/mol. The van der Waals surface area contributed by atoms with E-state index in [-0.39, 0.29) is 0 Å². The van der Waals surface area contributed by atoms with Crippen LogP contribution >= 0.6 is 0 Å². The molecule has 0 aliphatic carbocycles. The number of rotatable bonds is 2. The summed E-state index contributed by atoms with van der Waals surface area (Å²) < 4.78 is 0. The maximum Gasteiger partial charge on any atom is 0.00930 e. The quantitative estimate of drug-likeness (QED) is 0.596. The van der Waals surface area contributed by atoms with Crippen LogP contribution in [0.4, 0.5) is 0 Å². The summed E-state index contributed by atoms with van der Waals surface area (Å²) in [5.41, 5.74) is 0. The van der Waals surface area contributed by atoms with E-state index in [0.717, 1.165) is 12.0 Å². The molecule has 54 valence electrons. The van der Waals surface area contributed by atoms with E-state index < -0.39 is 0 Å². The first-order chi connectivity index (χ1) is 4.34. The minimum absolute atomic E-state index is 0.829. The van der Waals surface area contributed by atoms with Crippen LogP contribution in [0.25, 0.3) is 0 Å². The second kappa shape index (κ2) is 3.21. The maximum atomic E-state index is 3.51. The molecule has 0 radical (unpaired) electrons. The van der Waals surface area contributed by atoms with Gasteiger partial charge in [-0.05, 0) is 25.3 Å². The lowest BCUT2D eigenvalue weighted by atomic mass is 9.98. The van der Waals surface area contributed by atoms with Gasteiger partial charge in [-0.2, -0.15) is 0 Å². The summed E-state index contributed by atoms with van der Waals surface area (Å²) in [4.78, 5) is 0. The molecule has 9 heavy (non-hydrogen) atoms. The minimum atomic E-state index is 0.829. The summed E-state index contributed by atoms with van der Waals surface area (Å²) in [6, 6.07) is 0.829. The summed E-state index contributed by atoms with van der Waals surface area (Å²) in [5.74, 6) is 0.882. The lowest BCUT2D eigenvalue weighted by molar-refractivity contribution is 0.409. The lowest BCUT2D eigenvalue weighted by Crippen LogP contribution is -2.27. The molecule has 2 atom stereocenters. The number of hydrogen-bond donors (Lipinski definition) is 1. The molecule has 1 saturated heterocycles. The van der Waals surface area contributed by atoms with Crippen LogP contribution in [-0.4, -0.2) is 12.6 Å². The highest BCUT2D eigenvalue weighted by molar-refractivity contribution is 4.77. The number of nitrogens with one attached hydrogen (secondary N) is 1. The Labute approximate surface area is 57.8 Å². The van der Waals surface area contributed by atoms with Gasteiger partial charge < -0.3 is 5.32 Å². The van der Waals surface area contributed by atoms with Crippen LogP contribution in [0.2, 0.25) is 0 Å². The standard InChI is InChI=1S/C8H17N/c1-3-7(2)8-5-4-6-9-8/h7-9H,3-6H2,1-2H3/t7?,8-/m0/s1. The summed E-state index contributed by atoms with van der Waals surface area (Å²) in [6.45, 7) is 5.85. The molecule has 1 heteroatoms. The highest BCUT2D eigenvalue weighted by Gasteiger charge is 2.18. The molecule has 1 nitrogen and oxygen atoms in total. The Kier molecular flexibility index (Phi) is 2.52. The summed E-state index contributed by atoms with van der Waals surface area (Å²) in [5, 5.41) is 3.51. The molecule has 0 saturated carbocycles. The van der Waals surface area contributed by atoms with E-state index in [4.69, 9.17) is 0 Å². The molecule has 1 rings (SSSR count). The van der Waals surface area contributed by atoms with E-state index in [1.165, 1.54) is 25.8 Å². The molecular weight excluding hydrogens is 110 g/mol. The van der Waals surface area contributed by atoms with Crippen molar-refractivity contribution >= 4 is 0 Å². The van der Waals surface area contributed by atoms with Crippen LogP contribution in [0.15, 0.2) is 0 Å². The van der Waals surface area contributed by atoms with Crippen LogP contribution in [-0.2, 0) is 0 Å². The van der Waals surface area contributed by atoms with Crippen molar-refractivity contribution < 1.29 is 0 Å². The average molecular weight is 127 g/mol. The first-order valence-electron chi connectivity index (χ1n) is 4.08. The van der Waals surface area contributed by atoms with Crippen molar-refractivity contribution in [3.05, 3.63) is 0 Å². The Morgan fingerprint density at radius 2 is 2.44 bits per heavy atom. The summed E-state index contributed by atoms with van der Waals surface area (Å²) in [7, 11) is 0. The predicted molar refractivity (Wildman–Crippen MR) is 40.5 cm³/mol. The first kappa shape index (κ1) is 7.07. The molecule has 0 aromatic rings. The van der Waals surface area contributed by atoms with Gasteiger partial charge in [-0.1, -0.05) is 20.3 Å². The minimum Gasteiger partial charge on any atom is -0.314 e. The van der Waals surface area contributed by atoms with E-state index in [1.54, 1.807) is 0 Å². The van der Waals surface area contributed by atoms with Crippen LogP contribution in [0.1, 0.15) is 33.1 Å². The zero-order chi connectivity index (χ0) is 6.69. The topological polar surface area (TPSA) is 12.0 Å². The zero-order valence-corrected chi connectivity index (χ0v) is 6.48. The Morgan fingerprint density at radius 1 is 1.67 bits per heavy atom. The van der Waals surface area contributed by atoms with Crippen molar-refractivity contribution in [3.8, 4) is 0 Å². The van der Waals surface area contributed by atoms with Crippen molar-refractivity contribution in [2.45, 2.75) is 39.2 Å². The Bertz CT molecular complexity index is 74.6. The van der Waals surface area contributed by atoms with Gasteiger partial charge in [0.15, 0.2) is 0 Å². The third kappa shape index (κ3) is 1.68. The molecule has 0 spiro atoms. The van der Waals surface area contributed by atoms with Gasteiger partial charge >= 0.3 is 0 Å². The summed E-state index contributed by atoms with van der Waals surface area (Å²) in [6.07, 6.45) is 4.10. The number of hydrogen-bond acceptors (Lipinski definition) is 1. The molecule has 1 heterocycles. The van der Waals surface area contributed by atoms with Crippen molar-refractivity contribution in [3.63, 3.8) is 0 Å². The average Bonchev–Trinajstić information content (AvgIpc) is 2.37. The molecule has 1 unspecified atom stereocenters. The third-order valence-corrected chi connectivity index (χ3v) is 2.43. The van der Waals surface area contributed by atoms with E-state index in [9.17, 15) is 0 Å². The second-order valence-electron chi connectivity index (χ2n) is 3.09. The Morgan fingerprint density at radius 3 is 2.89 bits per heavy atom. The Hall–Kier alpha value is -0.0400. The van der Waals surface area contributed by atoms with Crippen LogP contribution in [0.3, 0.4) is 0 Å². The largest absolute Gasteiger partial charge is 0.314 e. The molecule has 1 N–H and O–H groups in total. The van der Waals surface area contributed by atoms with Gasteiger partial charge in [0.2, 0.25) is 0 Å².